The molecule has 0 aromatic carbocycles. The Morgan fingerprint density at radius 3 is 2.67 bits per heavy atom. The topological polar surface area (TPSA) is 119 Å². The molecule has 0 saturated heterocycles. The number of nitrogens with zero attached hydrogens (tertiary/aromatic N) is 2. The van der Waals surface area contributed by atoms with E-state index in [-0.39, 0.29) is 18.3 Å². The van der Waals surface area contributed by atoms with E-state index in [4.69, 9.17) is 15.4 Å². The number of hydrogen-bond donors (Lipinski definition) is 2. The molecule has 7 nitrogen and oxygen atoms in total. The van der Waals surface area contributed by atoms with Crippen LogP contribution < -0.4 is 5.73 Å². The normalized spacial score (nSPS) is 16.3. The number of rotatable bonds is 4. The van der Waals surface area contributed by atoms with Crippen LogP contribution in [0, 0.1) is 0 Å². The fourth-order valence-electron chi connectivity index (χ4n) is 0.833. The van der Waals surface area contributed by atoms with E-state index < -0.39 is 21.1 Å². The lowest BCUT2D eigenvalue weighted by Gasteiger charge is -2.02. The fourth-order valence-corrected chi connectivity index (χ4v) is 1.31. The summed E-state index contributed by atoms with van der Waals surface area (Å²) in [6, 6.07) is -0.780. The summed E-state index contributed by atoms with van der Waals surface area (Å²) < 4.78 is 27.1. The smallest absolute Gasteiger partial charge is 0.245 e. The molecule has 1 unspecified atom stereocenters. The number of hydrogen-bond acceptors (Lipinski definition) is 7. The van der Waals surface area contributed by atoms with E-state index in [0.29, 0.717) is 0 Å². The van der Waals surface area contributed by atoms with E-state index in [1.165, 1.54) is 6.92 Å². The molecule has 0 spiro atoms. The molecular formula is C7H13N3O4S. The van der Waals surface area contributed by atoms with Crippen LogP contribution in [-0.4, -0.2) is 36.5 Å². The largest absolute Gasteiger partial charge is 0.394 e. The van der Waals surface area contributed by atoms with Crippen molar-refractivity contribution in [3.05, 3.63) is 11.7 Å². The molecule has 2 atom stereocenters. The predicted octanol–water partition coefficient (Wildman–Crippen LogP) is -0.833. The van der Waals surface area contributed by atoms with Gasteiger partial charge in [-0.15, -0.1) is 0 Å². The van der Waals surface area contributed by atoms with E-state index in [1.54, 1.807) is 0 Å². The van der Waals surface area contributed by atoms with E-state index in [2.05, 4.69) is 10.1 Å². The monoisotopic (exact) mass is 235 g/mol. The Labute approximate surface area is 87.2 Å². The predicted molar refractivity (Wildman–Crippen MR) is 51.6 cm³/mol. The average molecular weight is 235 g/mol. The molecule has 86 valence electrons. The number of nitrogens with two attached hydrogens (primary N) is 1. The molecule has 0 fully saturated rings. The maximum atomic E-state index is 11.2. The highest BCUT2D eigenvalue weighted by Gasteiger charge is 2.24. The van der Waals surface area contributed by atoms with Gasteiger partial charge in [-0.25, -0.2) is 8.42 Å². The maximum Gasteiger partial charge on any atom is 0.245 e. The minimum Gasteiger partial charge on any atom is -0.394 e. The lowest BCUT2D eigenvalue weighted by atomic mass is 10.3. The van der Waals surface area contributed by atoms with Crippen LogP contribution in [0.3, 0.4) is 0 Å². The Morgan fingerprint density at radius 1 is 1.60 bits per heavy atom. The molecule has 1 heterocycles. The fraction of sp³-hybridized carbons (Fsp3) is 0.714. The molecule has 1 rings (SSSR count). The van der Waals surface area contributed by atoms with Gasteiger partial charge in [0.1, 0.15) is 11.3 Å². The van der Waals surface area contributed by atoms with Crippen molar-refractivity contribution in [1.82, 2.24) is 10.1 Å². The first-order chi connectivity index (χ1) is 6.86. The standard InChI is InChI=1S/C7H13N3O4S/c1-4(15(2,12)13)6-9-7(14-10-6)5(8)3-11/h4-5,11H,3,8H2,1-2H3/t4?,5-/m0/s1. The average Bonchev–Trinajstić information content (AvgIpc) is 2.62. The zero-order chi connectivity index (χ0) is 11.6. The van der Waals surface area contributed by atoms with E-state index in [0.717, 1.165) is 6.26 Å². The molecule has 8 heteroatoms. The summed E-state index contributed by atoms with van der Waals surface area (Å²) in [6.07, 6.45) is 1.08. The highest BCUT2D eigenvalue weighted by atomic mass is 32.2. The Morgan fingerprint density at radius 2 is 2.20 bits per heavy atom. The number of aliphatic hydroxyl groups excluding tert-OH is 1. The van der Waals surface area contributed by atoms with Crippen LogP contribution >= 0.6 is 0 Å². The number of aliphatic hydroxyl groups is 1. The molecule has 1 aromatic rings. The molecule has 0 saturated carbocycles. The second-order valence-electron chi connectivity index (χ2n) is 3.25. The minimum absolute atomic E-state index is 0.0306. The molecule has 1 aromatic heterocycles. The summed E-state index contributed by atoms with van der Waals surface area (Å²) in [6.45, 7) is 1.11. The molecule has 0 radical (unpaired) electrons. The van der Waals surface area contributed by atoms with Gasteiger partial charge in [-0.05, 0) is 6.92 Å². The van der Waals surface area contributed by atoms with Gasteiger partial charge in [0.2, 0.25) is 5.89 Å². The molecule has 0 amide bonds. The zero-order valence-electron chi connectivity index (χ0n) is 8.41. The minimum atomic E-state index is -3.26. The van der Waals surface area contributed by atoms with Crippen LogP contribution in [0.5, 0.6) is 0 Å². The SMILES string of the molecule is CC(c1noc([C@@H](N)CO)n1)S(C)(=O)=O. The van der Waals surface area contributed by atoms with Crippen molar-refractivity contribution in [3.63, 3.8) is 0 Å². The molecule has 0 aliphatic heterocycles. The van der Waals surface area contributed by atoms with Gasteiger partial charge in [-0.1, -0.05) is 5.16 Å². The third kappa shape index (κ3) is 2.74. The lowest BCUT2D eigenvalue weighted by molar-refractivity contribution is 0.236. The molecule has 3 N–H and O–H groups in total. The van der Waals surface area contributed by atoms with Crippen LogP contribution in [0.15, 0.2) is 4.52 Å². The van der Waals surface area contributed by atoms with Gasteiger partial charge in [0.15, 0.2) is 15.7 Å². The van der Waals surface area contributed by atoms with Crippen LogP contribution in [0.1, 0.15) is 29.9 Å². The molecule has 0 aliphatic carbocycles. The zero-order valence-corrected chi connectivity index (χ0v) is 9.23. The summed E-state index contributed by atoms with van der Waals surface area (Å²) >= 11 is 0. The molecule has 0 aliphatic rings. The Kier molecular flexibility index (Phi) is 3.42. The van der Waals surface area contributed by atoms with Crippen molar-refractivity contribution in [1.29, 1.82) is 0 Å². The van der Waals surface area contributed by atoms with Gasteiger partial charge < -0.3 is 15.4 Å². The summed E-state index contributed by atoms with van der Waals surface area (Å²) in [5, 5.41) is 11.4. The number of aromatic nitrogens is 2. The summed E-state index contributed by atoms with van der Waals surface area (Å²) in [5.74, 6) is 0.0828. The van der Waals surface area contributed by atoms with Crippen LogP contribution in [-0.2, 0) is 9.84 Å². The highest BCUT2D eigenvalue weighted by Crippen LogP contribution is 2.18. The first-order valence-corrected chi connectivity index (χ1v) is 6.20. The Bertz CT molecular complexity index is 427. The van der Waals surface area contributed by atoms with Crippen molar-refractivity contribution in [2.75, 3.05) is 12.9 Å². The second-order valence-corrected chi connectivity index (χ2v) is 5.62. The molecule has 15 heavy (non-hydrogen) atoms. The van der Waals surface area contributed by atoms with Crippen molar-refractivity contribution < 1.29 is 18.0 Å². The van der Waals surface area contributed by atoms with Gasteiger partial charge in [0, 0.05) is 6.26 Å². The third-order valence-corrected chi connectivity index (χ3v) is 3.47. The summed E-state index contributed by atoms with van der Waals surface area (Å²) in [5.41, 5.74) is 5.42. The first-order valence-electron chi connectivity index (χ1n) is 4.25. The van der Waals surface area contributed by atoms with Gasteiger partial charge in [0.05, 0.1) is 6.61 Å². The summed E-state index contributed by atoms with van der Waals surface area (Å²) in [7, 11) is -3.26. The number of sulfone groups is 1. The van der Waals surface area contributed by atoms with Crippen LogP contribution in [0.25, 0.3) is 0 Å². The van der Waals surface area contributed by atoms with Crippen LogP contribution in [0.2, 0.25) is 0 Å². The quantitative estimate of drug-likeness (QED) is 0.698. The third-order valence-electron chi connectivity index (χ3n) is 1.98. The van der Waals surface area contributed by atoms with Crippen molar-refractivity contribution >= 4 is 9.84 Å². The van der Waals surface area contributed by atoms with E-state index in [9.17, 15) is 8.42 Å². The van der Waals surface area contributed by atoms with E-state index in [1.807, 2.05) is 0 Å². The maximum absolute atomic E-state index is 11.2. The highest BCUT2D eigenvalue weighted by molar-refractivity contribution is 7.90. The van der Waals surface area contributed by atoms with Gasteiger partial charge in [-0.2, -0.15) is 4.98 Å². The van der Waals surface area contributed by atoms with Crippen molar-refractivity contribution in [3.8, 4) is 0 Å². The Hall–Kier alpha value is -0.990. The lowest BCUT2D eigenvalue weighted by Crippen LogP contribution is -2.15. The van der Waals surface area contributed by atoms with Crippen molar-refractivity contribution in [2.45, 2.75) is 18.2 Å². The second kappa shape index (κ2) is 4.25. The van der Waals surface area contributed by atoms with E-state index >= 15 is 0 Å². The van der Waals surface area contributed by atoms with Gasteiger partial charge in [0.25, 0.3) is 0 Å². The van der Waals surface area contributed by atoms with Crippen LogP contribution in [0.4, 0.5) is 0 Å². The Balaban J connectivity index is 2.94. The van der Waals surface area contributed by atoms with Gasteiger partial charge >= 0.3 is 0 Å². The molecule has 0 bridgehead atoms. The molecular weight excluding hydrogens is 222 g/mol. The summed E-state index contributed by atoms with van der Waals surface area (Å²) in [4.78, 5) is 3.81. The van der Waals surface area contributed by atoms with Gasteiger partial charge in [-0.3, -0.25) is 0 Å². The van der Waals surface area contributed by atoms with Crippen molar-refractivity contribution in [2.24, 2.45) is 5.73 Å². The first kappa shape index (κ1) is 12.1.